The maximum absolute atomic E-state index is 12.5. The number of hydrogen-bond acceptors (Lipinski definition) is 3. The normalized spacial score (nSPS) is 23.2. The largest absolute Gasteiger partial charge is 0.492 e. The molecule has 3 rings (SSSR count). The highest BCUT2D eigenvalue weighted by atomic mass is 16.5. The highest BCUT2D eigenvalue weighted by Crippen LogP contribution is 2.35. The summed E-state index contributed by atoms with van der Waals surface area (Å²) in [5.74, 6) is 0.402. The first-order valence-corrected chi connectivity index (χ1v) is 7.19. The van der Waals surface area contributed by atoms with Crippen molar-refractivity contribution >= 4 is 5.91 Å². The smallest absolute Gasteiger partial charge is 0.232 e. The van der Waals surface area contributed by atoms with Gasteiger partial charge in [0.05, 0.1) is 6.07 Å². The second-order valence-electron chi connectivity index (χ2n) is 5.65. The third-order valence-corrected chi connectivity index (χ3v) is 4.30. The van der Waals surface area contributed by atoms with E-state index in [1.807, 2.05) is 24.3 Å². The van der Waals surface area contributed by atoms with Crippen molar-refractivity contribution in [3.8, 4) is 11.8 Å². The molecule has 4 nitrogen and oxygen atoms in total. The van der Waals surface area contributed by atoms with Gasteiger partial charge in [0.2, 0.25) is 5.91 Å². The average molecular weight is 270 g/mol. The van der Waals surface area contributed by atoms with Crippen LogP contribution in [0.2, 0.25) is 0 Å². The number of carbonyl (C=O) groups is 1. The second kappa shape index (κ2) is 5.16. The summed E-state index contributed by atoms with van der Waals surface area (Å²) in [4.78, 5) is 12.5. The third-order valence-electron chi connectivity index (χ3n) is 4.30. The van der Waals surface area contributed by atoms with Crippen molar-refractivity contribution in [2.45, 2.75) is 43.6 Å². The Bertz CT molecular complexity index is 556. The Hall–Kier alpha value is -2.02. The zero-order valence-corrected chi connectivity index (χ0v) is 11.4. The van der Waals surface area contributed by atoms with Crippen LogP contribution in [0.25, 0.3) is 0 Å². The van der Waals surface area contributed by atoms with E-state index >= 15 is 0 Å². The van der Waals surface area contributed by atoms with Gasteiger partial charge in [-0.25, -0.2) is 0 Å². The van der Waals surface area contributed by atoms with Crippen molar-refractivity contribution in [2.75, 3.05) is 6.61 Å². The number of carbonyl (C=O) groups excluding carboxylic acids is 1. The predicted molar refractivity (Wildman–Crippen MR) is 74.2 cm³/mol. The van der Waals surface area contributed by atoms with Gasteiger partial charge in [-0.05, 0) is 18.9 Å². The molecule has 20 heavy (non-hydrogen) atoms. The Labute approximate surface area is 118 Å². The molecule has 1 aliphatic heterocycles. The van der Waals surface area contributed by atoms with Crippen LogP contribution in [-0.2, 0) is 4.79 Å². The van der Waals surface area contributed by atoms with Gasteiger partial charge < -0.3 is 10.1 Å². The zero-order chi connectivity index (χ0) is 14.0. The van der Waals surface area contributed by atoms with Gasteiger partial charge in [0.1, 0.15) is 23.8 Å². The minimum atomic E-state index is -0.674. The van der Waals surface area contributed by atoms with E-state index in [0.29, 0.717) is 6.61 Å². The monoisotopic (exact) mass is 270 g/mol. The molecule has 0 spiro atoms. The van der Waals surface area contributed by atoms with Gasteiger partial charge >= 0.3 is 0 Å². The molecule has 1 N–H and O–H groups in total. The number of nitrogens with one attached hydrogen (secondary N) is 1. The fourth-order valence-corrected chi connectivity index (χ4v) is 3.12. The number of hydrogen-bond donors (Lipinski definition) is 1. The molecule has 0 saturated heterocycles. The van der Waals surface area contributed by atoms with Gasteiger partial charge in [-0.3, -0.25) is 4.79 Å². The van der Waals surface area contributed by atoms with Crippen LogP contribution in [0.5, 0.6) is 5.75 Å². The fraction of sp³-hybridized carbons (Fsp3) is 0.500. The lowest BCUT2D eigenvalue weighted by atomic mass is 9.82. The van der Waals surface area contributed by atoms with Crippen LogP contribution in [0, 0.1) is 11.3 Å². The molecule has 1 aromatic rings. The maximum Gasteiger partial charge on any atom is 0.232 e. The minimum absolute atomic E-state index is 0.0848. The highest BCUT2D eigenvalue weighted by Gasteiger charge is 2.38. The molecule has 1 amide bonds. The van der Waals surface area contributed by atoms with Crippen LogP contribution in [-0.4, -0.2) is 18.1 Å². The van der Waals surface area contributed by atoms with Crippen molar-refractivity contribution in [3.63, 3.8) is 0 Å². The molecule has 104 valence electrons. The lowest BCUT2D eigenvalue weighted by Crippen LogP contribution is -2.50. The number of amides is 1. The predicted octanol–water partition coefficient (Wildman–Crippen LogP) is 2.51. The summed E-state index contributed by atoms with van der Waals surface area (Å²) in [5, 5.41) is 12.4. The number of para-hydroxylation sites is 1. The minimum Gasteiger partial charge on any atom is -0.492 e. The van der Waals surface area contributed by atoms with E-state index in [1.165, 1.54) is 0 Å². The van der Waals surface area contributed by atoms with E-state index in [2.05, 4.69) is 11.4 Å². The van der Waals surface area contributed by atoms with Crippen LogP contribution >= 0.6 is 0 Å². The lowest BCUT2D eigenvalue weighted by molar-refractivity contribution is -0.124. The molecule has 1 fully saturated rings. The SMILES string of the molecule is N#CC1(NC(=O)C2COc3ccccc32)CCCCC1. The van der Waals surface area contributed by atoms with Gasteiger partial charge in [0.25, 0.3) is 0 Å². The average Bonchev–Trinajstić information content (AvgIpc) is 2.92. The van der Waals surface area contributed by atoms with Gasteiger partial charge in [0, 0.05) is 5.56 Å². The van der Waals surface area contributed by atoms with Crippen molar-refractivity contribution in [2.24, 2.45) is 0 Å². The first-order valence-electron chi connectivity index (χ1n) is 7.19. The molecular formula is C16H18N2O2. The molecule has 1 saturated carbocycles. The van der Waals surface area contributed by atoms with Crippen LogP contribution in [0.15, 0.2) is 24.3 Å². The molecule has 0 radical (unpaired) electrons. The summed E-state index contributed by atoms with van der Waals surface area (Å²) in [6, 6.07) is 9.94. The van der Waals surface area contributed by atoms with Crippen molar-refractivity contribution in [3.05, 3.63) is 29.8 Å². The first-order chi connectivity index (χ1) is 9.74. The molecule has 0 bridgehead atoms. The first kappa shape index (κ1) is 13.0. The summed E-state index contributed by atoms with van der Waals surface area (Å²) in [6.45, 7) is 0.368. The molecule has 0 aromatic heterocycles. The quantitative estimate of drug-likeness (QED) is 0.898. The Morgan fingerprint density at radius 2 is 2.05 bits per heavy atom. The summed E-state index contributed by atoms with van der Waals surface area (Å²) in [7, 11) is 0. The third kappa shape index (κ3) is 2.24. The fourth-order valence-electron chi connectivity index (χ4n) is 3.12. The molecule has 1 heterocycles. The molecule has 1 aromatic carbocycles. The number of fused-ring (bicyclic) bond motifs is 1. The van der Waals surface area contributed by atoms with Gasteiger partial charge in [-0.2, -0.15) is 5.26 Å². The van der Waals surface area contributed by atoms with E-state index in [1.54, 1.807) is 0 Å². The van der Waals surface area contributed by atoms with E-state index in [4.69, 9.17) is 4.74 Å². The number of nitriles is 1. The van der Waals surface area contributed by atoms with E-state index in [0.717, 1.165) is 43.4 Å². The molecule has 4 heteroatoms. The van der Waals surface area contributed by atoms with Gasteiger partial charge in [-0.1, -0.05) is 37.5 Å². The Morgan fingerprint density at radius 3 is 2.80 bits per heavy atom. The summed E-state index contributed by atoms with van der Waals surface area (Å²) in [5.41, 5.74) is 0.251. The molecule has 1 atom stereocenters. The summed E-state index contributed by atoms with van der Waals surface area (Å²) in [6.07, 6.45) is 4.67. The summed E-state index contributed by atoms with van der Waals surface area (Å²) >= 11 is 0. The number of ether oxygens (including phenoxy) is 1. The Kier molecular flexibility index (Phi) is 3.35. The van der Waals surface area contributed by atoms with Crippen molar-refractivity contribution < 1.29 is 9.53 Å². The number of rotatable bonds is 2. The zero-order valence-electron chi connectivity index (χ0n) is 11.4. The van der Waals surface area contributed by atoms with Crippen LogP contribution in [0.3, 0.4) is 0 Å². The molecule has 2 aliphatic rings. The van der Waals surface area contributed by atoms with Crippen molar-refractivity contribution in [1.29, 1.82) is 5.26 Å². The van der Waals surface area contributed by atoms with Gasteiger partial charge in [-0.15, -0.1) is 0 Å². The second-order valence-corrected chi connectivity index (χ2v) is 5.65. The number of benzene rings is 1. The summed E-state index contributed by atoms with van der Waals surface area (Å²) < 4.78 is 5.54. The molecular weight excluding hydrogens is 252 g/mol. The maximum atomic E-state index is 12.5. The lowest BCUT2D eigenvalue weighted by Gasteiger charge is -2.32. The molecule has 1 aliphatic carbocycles. The standard InChI is InChI=1S/C16H18N2O2/c17-11-16(8-4-1-5-9-16)18-15(19)13-10-20-14-7-3-2-6-12(13)14/h2-3,6-7,13H,1,4-5,8-10H2,(H,18,19). The van der Waals surface area contributed by atoms with Gasteiger partial charge in [0.15, 0.2) is 0 Å². The highest BCUT2D eigenvalue weighted by molar-refractivity contribution is 5.86. The molecule has 1 unspecified atom stereocenters. The van der Waals surface area contributed by atoms with Crippen LogP contribution in [0.4, 0.5) is 0 Å². The van der Waals surface area contributed by atoms with Crippen molar-refractivity contribution in [1.82, 2.24) is 5.32 Å². The van der Waals surface area contributed by atoms with Crippen LogP contribution < -0.4 is 10.1 Å². The van der Waals surface area contributed by atoms with E-state index in [-0.39, 0.29) is 11.8 Å². The van der Waals surface area contributed by atoms with Crippen LogP contribution in [0.1, 0.15) is 43.6 Å². The number of nitrogens with zero attached hydrogens (tertiary/aromatic N) is 1. The Balaban J connectivity index is 1.76. The van der Waals surface area contributed by atoms with E-state index in [9.17, 15) is 10.1 Å². The Morgan fingerprint density at radius 1 is 1.30 bits per heavy atom. The topological polar surface area (TPSA) is 62.1 Å². The van der Waals surface area contributed by atoms with E-state index < -0.39 is 5.54 Å².